The van der Waals surface area contributed by atoms with Crippen LogP contribution in [0, 0.1) is 0 Å². The molecule has 0 aromatic carbocycles. The van der Waals surface area contributed by atoms with E-state index in [-0.39, 0.29) is 12.8 Å². The molecule has 68 valence electrons. The second kappa shape index (κ2) is 6.14. The largest absolute Gasteiger partial charge is 0.469 e. The molecule has 6 nitrogen and oxygen atoms in total. The lowest BCUT2D eigenvalue weighted by molar-refractivity contribution is -0.142. The van der Waals surface area contributed by atoms with E-state index < -0.39 is 11.9 Å². The molecule has 0 fully saturated rings. The average Bonchev–Trinajstić information content (AvgIpc) is 2.10. The molecule has 2 amide bonds. The van der Waals surface area contributed by atoms with Gasteiger partial charge in [-0.1, -0.05) is 0 Å². The van der Waals surface area contributed by atoms with Gasteiger partial charge in [0.25, 0.3) is 0 Å². The molecule has 0 unspecified atom stereocenters. The zero-order valence-corrected chi connectivity index (χ0v) is 6.62. The van der Waals surface area contributed by atoms with Crippen LogP contribution in [0.3, 0.4) is 0 Å². The van der Waals surface area contributed by atoms with Gasteiger partial charge in [0.05, 0.1) is 13.5 Å². The Labute approximate surface area is 69.2 Å². The fraction of sp³-hybridized carbons (Fsp3) is 0.500. The standard InChI is InChI=1S/C6H10N2O4/c1-12-6(11)3-2-5(10)8-7-4-9/h4H,2-3H2,1H3,(H,7,9)(H,8,10). The Hall–Kier alpha value is -1.59. The maximum absolute atomic E-state index is 10.7. The summed E-state index contributed by atoms with van der Waals surface area (Å²) in [6.07, 6.45) is 0.326. The Kier molecular flexibility index (Phi) is 5.33. The molecule has 0 aliphatic carbocycles. The molecule has 0 radical (unpaired) electrons. The summed E-state index contributed by atoms with van der Waals surface area (Å²) in [6.45, 7) is 0. The Morgan fingerprint density at radius 2 is 2.08 bits per heavy atom. The van der Waals surface area contributed by atoms with Gasteiger partial charge >= 0.3 is 5.97 Å². The number of nitrogens with one attached hydrogen (secondary N) is 2. The van der Waals surface area contributed by atoms with Crippen molar-refractivity contribution in [3.63, 3.8) is 0 Å². The van der Waals surface area contributed by atoms with Gasteiger partial charge in [-0.25, -0.2) is 0 Å². The number of hydrogen-bond acceptors (Lipinski definition) is 4. The van der Waals surface area contributed by atoms with Crippen LogP contribution in [0.1, 0.15) is 12.8 Å². The summed E-state index contributed by atoms with van der Waals surface area (Å²) in [7, 11) is 1.24. The van der Waals surface area contributed by atoms with Crippen LogP contribution in [-0.4, -0.2) is 25.4 Å². The quantitative estimate of drug-likeness (QED) is 0.309. The van der Waals surface area contributed by atoms with Gasteiger partial charge in [-0.2, -0.15) is 0 Å². The summed E-state index contributed by atoms with van der Waals surface area (Å²) in [5.74, 6) is -0.899. The minimum atomic E-state index is -0.462. The molecular formula is C6H10N2O4. The van der Waals surface area contributed by atoms with Crippen LogP contribution in [0.25, 0.3) is 0 Å². The molecule has 2 N–H and O–H groups in total. The van der Waals surface area contributed by atoms with Crippen molar-refractivity contribution in [2.75, 3.05) is 7.11 Å². The molecule has 12 heavy (non-hydrogen) atoms. The van der Waals surface area contributed by atoms with Crippen molar-refractivity contribution in [3.8, 4) is 0 Å². The minimum Gasteiger partial charge on any atom is -0.469 e. The van der Waals surface area contributed by atoms with Gasteiger partial charge in [0.1, 0.15) is 0 Å². The highest BCUT2D eigenvalue weighted by molar-refractivity contribution is 5.81. The van der Waals surface area contributed by atoms with Crippen molar-refractivity contribution in [3.05, 3.63) is 0 Å². The number of methoxy groups -OCH3 is 1. The number of esters is 1. The predicted molar refractivity (Wildman–Crippen MR) is 38.6 cm³/mol. The van der Waals surface area contributed by atoms with Crippen molar-refractivity contribution in [1.82, 2.24) is 10.9 Å². The van der Waals surface area contributed by atoms with E-state index in [1.165, 1.54) is 7.11 Å². The van der Waals surface area contributed by atoms with Crippen LogP contribution in [0.2, 0.25) is 0 Å². The number of rotatable bonds is 5. The van der Waals surface area contributed by atoms with E-state index in [0.717, 1.165) is 0 Å². The lowest BCUT2D eigenvalue weighted by Gasteiger charge is -2.00. The number of hydrogen-bond donors (Lipinski definition) is 2. The third-order valence-corrected chi connectivity index (χ3v) is 1.05. The fourth-order valence-corrected chi connectivity index (χ4v) is 0.490. The van der Waals surface area contributed by atoms with Gasteiger partial charge in [-0.15, -0.1) is 0 Å². The van der Waals surface area contributed by atoms with E-state index in [0.29, 0.717) is 6.41 Å². The van der Waals surface area contributed by atoms with Gasteiger partial charge in [-0.3, -0.25) is 25.2 Å². The second-order valence-corrected chi connectivity index (χ2v) is 1.89. The molecule has 0 bridgehead atoms. The predicted octanol–water partition coefficient (Wildman–Crippen LogP) is -1.28. The minimum absolute atomic E-state index is 0.00285. The van der Waals surface area contributed by atoms with Gasteiger partial charge in [0, 0.05) is 6.42 Å². The van der Waals surface area contributed by atoms with E-state index >= 15 is 0 Å². The van der Waals surface area contributed by atoms with Crippen LogP contribution in [0.5, 0.6) is 0 Å². The molecule has 0 spiro atoms. The van der Waals surface area contributed by atoms with E-state index in [9.17, 15) is 14.4 Å². The third-order valence-electron chi connectivity index (χ3n) is 1.05. The summed E-state index contributed by atoms with van der Waals surface area (Å²) < 4.78 is 4.30. The van der Waals surface area contributed by atoms with E-state index in [1.807, 2.05) is 10.9 Å². The van der Waals surface area contributed by atoms with Crippen LogP contribution in [-0.2, 0) is 19.1 Å². The zero-order valence-electron chi connectivity index (χ0n) is 6.62. The van der Waals surface area contributed by atoms with Crippen molar-refractivity contribution in [2.45, 2.75) is 12.8 Å². The molecule has 0 aromatic rings. The van der Waals surface area contributed by atoms with Crippen LogP contribution >= 0.6 is 0 Å². The Morgan fingerprint density at radius 1 is 1.42 bits per heavy atom. The van der Waals surface area contributed by atoms with Crippen LogP contribution < -0.4 is 10.9 Å². The Bertz CT molecular complexity index is 180. The zero-order chi connectivity index (χ0) is 9.40. The maximum Gasteiger partial charge on any atom is 0.306 e. The van der Waals surface area contributed by atoms with Crippen molar-refractivity contribution >= 4 is 18.3 Å². The number of ether oxygens (including phenoxy) is 1. The van der Waals surface area contributed by atoms with Crippen LogP contribution in [0.4, 0.5) is 0 Å². The number of carbonyl (C=O) groups excluding carboxylic acids is 3. The second-order valence-electron chi connectivity index (χ2n) is 1.89. The van der Waals surface area contributed by atoms with Gasteiger partial charge < -0.3 is 4.74 Å². The summed E-state index contributed by atoms with van der Waals surface area (Å²) in [6, 6.07) is 0. The first-order valence-corrected chi connectivity index (χ1v) is 3.25. The van der Waals surface area contributed by atoms with Crippen molar-refractivity contribution in [1.29, 1.82) is 0 Å². The first-order chi connectivity index (χ1) is 5.70. The first-order valence-electron chi connectivity index (χ1n) is 3.25. The summed E-state index contributed by atoms with van der Waals surface area (Å²) in [5.41, 5.74) is 4.00. The average molecular weight is 174 g/mol. The van der Waals surface area contributed by atoms with Gasteiger partial charge in [-0.05, 0) is 0 Å². The smallest absolute Gasteiger partial charge is 0.306 e. The lowest BCUT2D eigenvalue weighted by atomic mass is 10.3. The molecule has 0 aliphatic heterocycles. The highest BCUT2D eigenvalue weighted by atomic mass is 16.5. The molecular weight excluding hydrogens is 164 g/mol. The molecule has 0 saturated carbocycles. The molecule has 6 heteroatoms. The summed E-state index contributed by atoms with van der Waals surface area (Å²) >= 11 is 0. The summed E-state index contributed by atoms with van der Waals surface area (Å²) in [5, 5.41) is 0. The molecule has 0 aliphatic rings. The molecule has 0 aromatic heterocycles. The number of amides is 2. The Balaban J connectivity index is 3.43. The number of hydrazine groups is 1. The molecule has 0 saturated heterocycles. The molecule has 0 rings (SSSR count). The van der Waals surface area contributed by atoms with E-state index in [2.05, 4.69) is 4.74 Å². The Morgan fingerprint density at radius 3 is 2.58 bits per heavy atom. The SMILES string of the molecule is COC(=O)CCC(=O)NNC=O. The van der Waals surface area contributed by atoms with E-state index in [4.69, 9.17) is 0 Å². The van der Waals surface area contributed by atoms with Gasteiger partial charge in [0.2, 0.25) is 12.3 Å². The van der Waals surface area contributed by atoms with E-state index in [1.54, 1.807) is 0 Å². The highest BCUT2D eigenvalue weighted by Gasteiger charge is 2.04. The monoisotopic (exact) mass is 174 g/mol. The maximum atomic E-state index is 10.7. The van der Waals surface area contributed by atoms with Gasteiger partial charge in [0.15, 0.2) is 0 Å². The van der Waals surface area contributed by atoms with Crippen molar-refractivity contribution in [2.24, 2.45) is 0 Å². The molecule has 0 heterocycles. The lowest BCUT2D eigenvalue weighted by Crippen LogP contribution is -2.36. The van der Waals surface area contributed by atoms with Crippen molar-refractivity contribution < 1.29 is 19.1 Å². The molecule has 0 atom stereocenters. The fourth-order valence-electron chi connectivity index (χ4n) is 0.490. The highest BCUT2D eigenvalue weighted by Crippen LogP contribution is 1.90. The third kappa shape index (κ3) is 5.21. The number of carbonyl (C=O) groups is 3. The van der Waals surface area contributed by atoms with Crippen LogP contribution in [0.15, 0.2) is 0 Å². The summed E-state index contributed by atoms with van der Waals surface area (Å²) in [4.78, 5) is 30.9. The topological polar surface area (TPSA) is 84.5 Å². The normalized spacial score (nSPS) is 8.42. The first kappa shape index (κ1) is 10.4.